The molecule has 1 aliphatic carbocycles. The predicted molar refractivity (Wildman–Crippen MR) is 82.1 cm³/mol. The lowest BCUT2D eigenvalue weighted by Gasteiger charge is -2.42. The maximum Gasteiger partial charge on any atom is 0.123 e. The quantitative estimate of drug-likeness (QED) is 0.701. The van der Waals surface area contributed by atoms with Gasteiger partial charge < -0.3 is 4.74 Å². The average molecular weight is 299 g/mol. The van der Waals surface area contributed by atoms with Crippen LogP contribution >= 0.6 is 11.6 Å². The highest BCUT2D eigenvalue weighted by Gasteiger charge is 2.40. The first kappa shape index (κ1) is 15.6. The van der Waals surface area contributed by atoms with Crippen molar-refractivity contribution in [3.05, 3.63) is 29.6 Å². The molecule has 0 heterocycles. The van der Waals surface area contributed by atoms with Crippen LogP contribution in [0.3, 0.4) is 0 Å². The van der Waals surface area contributed by atoms with E-state index in [0.717, 1.165) is 24.2 Å². The summed E-state index contributed by atoms with van der Waals surface area (Å²) in [5.41, 5.74) is 0.727. The number of hydrogen-bond donors (Lipinski definition) is 0. The molecule has 1 aromatic rings. The molecule has 0 radical (unpaired) electrons. The molecule has 1 fully saturated rings. The van der Waals surface area contributed by atoms with Gasteiger partial charge in [0.2, 0.25) is 0 Å². The topological polar surface area (TPSA) is 9.23 Å². The zero-order valence-electron chi connectivity index (χ0n) is 12.7. The van der Waals surface area contributed by atoms with E-state index in [9.17, 15) is 4.39 Å². The van der Waals surface area contributed by atoms with Crippen molar-refractivity contribution >= 4 is 11.6 Å². The molecule has 3 unspecified atom stereocenters. The van der Waals surface area contributed by atoms with Gasteiger partial charge in [0.1, 0.15) is 11.6 Å². The zero-order valence-corrected chi connectivity index (χ0v) is 13.5. The largest absolute Gasteiger partial charge is 0.496 e. The Kier molecular flexibility index (Phi) is 4.63. The van der Waals surface area contributed by atoms with Crippen LogP contribution in [0.2, 0.25) is 0 Å². The Balaban J connectivity index is 2.36. The maximum absolute atomic E-state index is 13.7. The minimum Gasteiger partial charge on any atom is -0.496 e. The maximum atomic E-state index is 13.7. The van der Waals surface area contributed by atoms with E-state index in [0.29, 0.717) is 11.8 Å². The first-order valence-electron chi connectivity index (χ1n) is 7.34. The molecule has 112 valence electrons. The van der Waals surface area contributed by atoms with E-state index >= 15 is 0 Å². The van der Waals surface area contributed by atoms with E-state index in [4.69, 9.17) is 16.3 Å². The van der Waals surface area contributed by atoms with Crippen LogP contribution in [0.25, 0.3) is 0 Å². The van der Waals surface area contributed by atoms with Crippen molar-refractivity contribution in [2.24, 2.45) is 11.8 Å². The molecule has 2 rings (SSSR count). The summed E-state index contributed by atoms with van der Waals surface area (Å²) in [5, 5.41) is 0.140. The third-order valence-corrected chi connectivity index (χ3v) is 5.30. The molecule has 3 atom stereocenters. The number of methoxy groups -OCH3 is 1. The van der Waals surface area contributed by atoms with Crippen LogP contribution in [-0.4, -0.2) is 12.5 Å². The molecule has 0 aromatic heterocycles. The highest BCUT2D eigenvalue weighted by Crippen LogP contribution is 2.46. The fourth-order valence-electron chi connectivity index (χ4n) is 3.51. The highest BCUT2D eigenvalue weighted by molar-refractivity contribution is 6.20. The first-order valence-corrected chi connectivity index (χ1v) is 7.78. The first-order chi connectivity index (χ1) is 9.36. The third-order valence-electron chi connectivity index (χ3n) is 4.82. The van der Waals surface area contributed by atoms with E-state index in [1.807, 2.05) is 0 Å². The van der Waals surface area contributed by atoms with E-state index in [1.54, 1.807) is 19.2 Å². The third kappa shape index (κ3) is 2.95. The summed E-state index contributed by atoms with van der Waals surface area (Å²) in [5.74, 6) is 1.55. The second kappa shape index (κ2) is 5.93. The normalized spacial score (nSPS) is 27.4. The van der Waals surface area contributed by atoms with Gasteiger partial charge in [0, 0.05) is 10.9 Å². The molecular formula is C17H24ClFO. The van der Waals surface area contributed by atoms with Gasteiger partial charge in [-0.2, -0.15) is 0 Å². The van der Waals surface area contributed by atoms with Gasteiger partial charge in [0.15, 0.2) is 0 Å². The number of benzene rings is 1. The summed E-state index contributed by atoms with van der Waals surface area (Å²) in [7, 11) is 1.63. The molecule has 20 heavy (non-hydrogen) atoms. The van der Waals surface area contributed by atoms with Gasteiger partial charge in [-0.05, 0) is 48.3 Å². The second-order valence-electron chi connectivity index (χ2n) is 6.61. The fraction of sp³-hybridized carbons (Fsp3) is 0.647. The predicted octanol–water partition coefficient (Wildman–Crippen LogP) is 5.16. The molecule has 1 aliphatic rings. The Morgan fingerprint density at radius 3 is 2.60 bits per heavy atom. The molecule has 1 nitrogen and oxygen atoms in total. The number of halogens is 2. The molecule has 0 bridgehead atoms. The molecule has 0 N–H and O–H groups in total. The van der Waals surface area contributed by atoms with Gasteiger partial charge in [0.05, 0.1) is 7.11 Å². The van der Waals surface area contributed by atoms with Crippen LogP contribution in [-0.2, 0) is 5.41 Å². The molecule has 0 spiro atoms. The van der Waals surface area contributed by atoms with Crippen LogP contribution < -0.4 is 4.74 Å². The van der Waals surface area contributed by atoms with Crippen LogP contribution in [0.5, 0.6) is 5.75 Å². The van der Waals surface area contributed by atoms with Crippen LogP contribution in [0.1, 0.15) is 45.6 Å². The van der Waals surface area contributed by atoms with Gasteiger partial charge in [-0.15, -0.1) is 11.6 Å². The number of alkyl halides is 1. The number of rotatable bonds is 3. The summed E-state index contributed by atoms with van der Waals surface area (Å²) < 4.78 is 19.1. The van der Waals surface area contributed by atoms with E-state index in [2.05, 4.69) is 20.8 Å². The summed E-state index contributed by atoms with van der Waals surface area (Å²) in [6, 6.07) is 4.75. The lowest BCUT2D eigenvalue weighted by Crippen LogP contribution is -2.39. The van der Waals surface area contributed by atoms with Crippen LogP contribution in [0.4, 0.5) is 4.39 Å². The van der Waals surface area contributed by atoms with Crippen LogP contribution in [0.15, 0.2) is 18.2 Å². The summed E-state index contributed by atoms with van der Waals surface area (Å²) in [6.45, 7) is 6.56. The molecule has 3 heteroatoms. The number of hydrogen-bond acceptors (Lipinski definition) is 1. The Bertz CT molecular complexity index is 472. The SMILES string of the molecule is COc1ccc(F)cc1C(C)(C)C1CCC(C)CC1Cl. The van der Waals surface area contributed by atoms with Crippen molar-refractivity contribution in [2.45, 2.75) is 50.8 Å². The summed E-state index contributed by atoms with van der Waals surface area (Å²) in [6.07, 6.45) is 3.31. The van der Waals surface area contributed by atoms with E-state index < -0.39 is 0 Å². The minimum atomic E-state index is -0.218. The van der Waals surface area contributed by atoms with Gasteiger partial charge in [-0.3, -0.25) is 0 Å². The highest BCUT2D eigenvalue weighted by atomic mass is 35.5. The molecule has 0 aliphatic heterocycles. The lowest BCUT2D eigenvalue weighted by molar-refractivity contribution is 0.203. The average Bonchev–Trinajstić information content (AvgIpc) is 2.38. The van der Waals surface area contributed by atoms with Crippen molar-refractivity contribution in [3.63, 3.8) is 0 Å². The van der Waals surface area contributed by atoms with Crippen molar-refractivity contribution < 1.29 is 9.13 Å². The number of ether oxygens (including phenoxy) is 1. The monoisotopic (exact) mass is 298 g/mol. The van der Waals surface area contributed by atoms with Gasteiger partial charge in [0.25, 0.3) is 0 Å². The molecule has 1 aromatic carbocycles. The van der Waals surface area contributed by atoms with Gasteiger partial charge in [-0.1, -0.05) is 27.2 Å². The Hall–Kier alpha value is -0.760. The second-order valence-corrected chi connectivity index (χ2v) is 7.17. The fourth-order valence-corrected chi connectivity index (χ4v) is 4.25. The Morgan fingerprint density at radius 1 is 1.30 bits per heavy atom. The Morgan fingerprint density at radius 2 is 2.00 bits per heavy atom. The molecule has 0 saturated heterocycles. The molecular weight excluding hydrogens is 275 g/mol. The lowest BCUT2D eigenvalue weighted by atomic mass is 9.65. The van der Waals surface area contributed by atoms with Crippen molar-refractivity contribution in [1.82, 2.24) is 0 Å². The summed E-state index contributed by atoms with van der Waals surface area (Å²) >= 11 is 6.61. The molecule has 1 saturated carbocycles. The van der Waals surface area contributed by atoms with Crippen molar-refractivity contribution in [2.75, 3.05) is 7.11 Å². The van der Waals surface area contributed by atoms with Crippen LogP contribution in [0, 0.1) is 17.7 Å². The van der Waals surface area contributed by atoms with Crippen molar-refractivity contribution in [3.8, 4) is 5.75 Å². The van der Waals surface area contributed by atoms with Crippen molar-refractivity contribution in [1.29, 1.82) is 0 Å². The smallest absolute Gasteiger partial charge is 0.123 e. The zero-order chi connectivity index (χ0) is 14.9. The van der Waals surface area contributed by atoms with E-state index in [-0.39, 0.29) is 16.6 Å². The standard InChI is InChI=1S/C17H24ClFO/c1-11-5-7-13(15(18)9-11)17(2,3)14-10-12(19)6-8-16(14)20-4/h6,8,10-11,13,15H,5,7,9H2,1-4H3. The Labute approximate surface area is 126 Å². The van der Waals surface area contributed by atoms with Gasteiger partial charge in [-0.25, -0.2) is 4.39 Å². The summed E-state index contributed by atoms with van der Waals surface area (Å²) in [4.78, 5) is 0. The minimum absolute atomic E-state index is 0.140. The van der Waals surface area contributed by atoms with Gasteiger partial charge >= 0.3 is 0 Å². The molecule has 0 amide bonds. The van der Waals surface area contributed by atoms with E-state index in [1.165, 1.54) is 12.5 Å².